The molecular formula is C21H19BrN4O2. The van der Waals surface area contributed by atoms with Gasteiger partial charge in [-0.2, -0.15) is 10.1 Å². The normalized spacial score (nSPS) is 15.8. The van der Waals surface area contributed by atoms with Gasteiger partial charge in [0.25, 0.3) is 0 Å². The van der Waals surface area contributed by atoms with Gasteiger partial charge in [0.2, 0.25) is 5.95 Å². The van der Waals surface area contributed by atoms with Gasteiger partial charge in [0.15, 0.2) is 5.78 Å². The Balaban J connectivity index is 1.79. The van der Waals surface area contributed by atoms with E-state index in [9.17, 15) is 4.79 Å². The molecule has 1 aliphatic rings. The second kappa shape index (κ2) is 7.59. The molecule has 1 N–H and O–H groups in total. The molecule has 2 aromatic carbocycles. The number of anilines is 1. The smallest absolute Gasteiger partial charge is 0.226 e. The fourth-order valence-electron chi connectivity index (χ4n) is 3.43. The predicted molar refractivity (Wildman–Crippen MR) is 110 cm³/mol. The molecule has 0 unspecified atom stereocenters. The van der Waals surface area contributed by atoms with Gasteiger partial charge in [-0.15, -0.1) is 0 Å². The van der Waals surface area contributed by atoms with Gasteiger partial charge in [0.05, 0.1) is 0 Å². The molecule has 2 heterocycles. The van der Waals surface area contributed by atoms with Crippen molar-refractivity contribution in [3.63, 3.8) is 0 Å². The average Bonchev–Trinajstić information content (AvgIpc) is 3.14. The number of nitrogens with one attached hydrogen (secondary N) is 1. The molecule has 1 aliphatic heterocycles. The number of Topliss-reactive ketones (excluding diaryl/α,β-unsaturated/α-hetero) is 1. The molecule has 0 aliphatic carbocycles. The first-order valence-electron chi connectivity index (χ1n) is 8.89. The van der Waals surface area contributed by atoms with Crippen LogP contribution in [0.1, 0.15) is 31.0 Å². The summed E-state index contributed by atoms with van der Waals surface area (Å²) in [6.45, 7) is 3.88. The molecule has 7 heteroatoms. The summed E-state index contributed by atoms with van der Waals surface area (Å²) < 4.78 is 8.77. The fraction of sp³-hybridized carbons (Fsp3) is 0.190. The number of carbonyl (C=O) groups excluding carboxylic acids is 1. The van der Waals surface area contributed by atoms with Crippen molar-refractivity contribution in [3.05, 3.63) is 81.7 Å². The van der Waals surface area contributed by atoms with Crippen molar-refractivity contribution in [1.82, 2.24) is 14.8 Å². The second-order valence-electron chi connectivity index (χ2n) is 6.61. The number of ether oxygens (including phenoxy) is 1. The number of fused-ring (bicyclic) bond motifs is 1. The van der Waals surface area contributed by atoms with Crippen LogP contribution in [0.3, 0.4) is 0 Å². The third-order valence-electron chi connectivity index (χ3n) is 4.68. The Morgan fingerprint density at radius 2 is 2.04 bits per heavy atom. The molecule has 1 atom stereocenters. The minimum atomic E-state index is -0.417. The monoisotopic (exact) mass is 438 g/mol. The summed E-state index contributed by atoms with van der Waals surface area (Å²) in [6.07, 6.45) is 1.48. The lowest BCUT2D eigenvalue weighted by Crippen LogP contribution is -2.28. The van der Waals surface area contributed by atoms with Crippen LogP contribution in [0.25, 0.3) is 0 Å². The number of carbonyl (C=O) groups is 1. The summed E-state index contributed by atoms with van der Waals surface area (Å²) >= 11 is 3.54. The number of halogens is 1. The Labute approximate surface area is 171 Å². The molecule has 0 radical (unpaired) electrons. The van der Waals surface area contributed by atoms with E-state index in [1.807, 2.05) is 55.5 Å². The van der Waals surface area contributed by atoms with Crippen LogP contribution in [0, 0.1) is 0 Å². The van der Waals surface area contributed by atoms with E-state index >= 15 is 0 Å². The highest BCUT2D eigenvalue weighted by atomic mass is 79.9. The van der Waals surface area contributed by atoms with E-state index in [0.717, 1.165) is 21.3 Å². The van der Waals surface area contributed by atoms with Crippen molar-refractivity contribution in [1.29, 1.82) is 0 Å². The zero-order chi connectivity index (χ0) is 19.7. The van der Waals surface area contributed by atoms with Crippen LogP contribution in [0.15, 0.2) is 70.6 Å². The van der Waals surface area contributed by atoms with E-state index < -0.39 is 6.04 Å². The molecule has 0 saturated heterocycles. The number of allylic oxidation sites excluding steroid dienone is 2. The maximum absolute atomic E-state index is 12.5. The highest BCUT2D eigenvalue weighted by molar-refractivity contribution is 9.10. The summed E-state index contributed by atoms with van der Waals surface area (Å²) in [5.41, 5.74) is 3.33. The van der Waals surface area contributed by atoms with Crippen LogP contribution in [0.5, 0.6) is 5.75 Å². The summed E-state index contributed by atoms with van der Waals surface area (Å²) in [4.78, 5) is 16.8. The molecule has 0 bridgehead atoms. The topological polar surface area (TPSA) is 69.0 Å². The van der Waals surface area contributed by atoms with Crippen LogP contribution < -0.4 is 10.1 Å². The fourth-order valence-corrected chi connectivity index (χ4v) is 3.81. The zero-order valence-electron chi connectivity index (χ0n) is 15.5. The summed E-state index contributed by atoms with van der Waals surface area (Å²) in [7, 11) is 0. The van der Waals surface area contributed by atoms with Crippen molar-refractivity contribution in [2.45, 2.75) is 26.5 Å². The van der Waals surface area contributed by atoms with Gasteiger partial charge in [0.1, 0.15) is 24.7 Å². The second-order valence-corrected chi connectivity index (χ2v) is 7.52. The lowest BCUT2D eigenvalue weighted by atomic mass is 9.92. The molecule has 0 spiro atoms. The molecule has 0 fully saturated rings. The Morgan fingerprint density at radius 1 is 1.25 bits per heavy atom. The Hall–Kier alpha value is -2.93. The number of rotatable bonds is 5. The minimum absolute atomic E-state index is 0.0230. The van der Waals surface area contributed by atoms with E-state index in [1.165, 1.54) is 6.33 Å². The lowest BCUT2D eigenvalue weighted by Gasteiger charge is -2.29. The number of nitrogens with zero attached hydrogens (tertiary/aromatic N) is 3. The molecule has 0 amide bonds. The predicted octanol–water partition coefficient (Wildman–Crippen LogP) is 4.50. The van der Waals surface area contributed by atoms with Crippen molar-refractivity contribution in [2.24, 2.45) is 0 Å². The number of hydrogen-bond acceptors (Lipinski definition) is 5. The van der Waals surface area contributed by atoms with Crippen LogP contribution in [0.4, 0.5) is 5.95 Å². The van der Waals surface area contributed by atoms with Gasteiger partial charge in [0, 0.05) is 21.3 Å². The van der Waals surface area contributed by atoms with Gasteiger partial charge >= 0.3 is 0 Å². The standard InChI is InChI=1S/C21H19BrN4O2/c1-13-19(14(2)27)20(26-21(25-13)23-12-24-26)17-10-16(22)8-9-18(17)28-11-15-6-4-3-5-7-15/h3-10,12,20H,11H2,1-2H3,(H,23,24,25)/t20-/m1/s1. The van der Waals surface area contributed by atoms with Gasteiger partial charge in [-0.3, -0.25) is 4.79 Å². The number of benzene rings is 2. The van der Waals surface area contributed by atoms with Gasteiger partial charge in [-0.1, -0.05) is 46.3 Å². The Kier molecular flexibility index (Phi) is 5.00. The molecule has 28 heavy (non-hydrogen) atoms. The third-order valence-corrected chi connectivity index (χ3v) is 5.17. The molecule has 0 saturated carbocycles. The summed E-state index contributed by atoms with van der Waals surface area (Å²) in [6, 6.07) is 15.4. The summed E-state index contributed by atoms with van der Waals surface area (Å²) in [5.74, 6) is 1.28. The molecule has 3 aromatic rings. The third kappa shape index (κ3) is 3.45. The molecule has 142 valence electrons. The van der Waals surface area contributed by atoms with E-state index in [1.54, 1.807) is 11.6 Å². The minimum Gasteiger partial charge on any atom is -0.489 e. The highest BCUT2D eigenvalue weighted by Gasteiger charge is 2.33. The zero-order valence-corrected chi connectivity index (χ0v) is 17.1. The average molecular weight is 439 g/mol. The van der Waals surface area contributed by atoms with Crippen LogP contribution >= 0.6 is 15.9 Å². The SMILES string of the molecule is CC(=O)C1=C(C)Nc2ncnn2[C@@H]1c1cc(Br)ccc1OCc1ccccc1. The molecule has 1 aromatic heterocycles. The van der Waals surface area contributed by atoms with Crippen molar-refractivity contribution >= 4 is 27.7 Å². The largest absolute Gasteiger partial charge is 0.489 e. The maximum Gasteiger partial charge on any atom is 0.226 e. The first-order chi connectivity index (χ1) is 13.5. The lowest BCUT2D eigenvalue weighted by molar-refractivity contribution is -0.114. The van der Waals surface area contributed by atoms with E-state index in [4.69, 9.17) is 4.74 Å². The maximum atomic E-state index is 12.5. The van der Waals surface area contributed by atoms with Crippen LogP contribution in [0.2, 0.25) is 0 Å². The van der Waals surface area contributed by atoms with Gasteiger partial charge in [-0.25, -0.2) is 4.68 Å². The van der Waals surface area contributed by atoms with Crippen molar-refractivity contribution < 1.29 is 9.53 Å². The highest BCUT2D eigenvalue weighted by Crippen LogP contribution is 2.40. The van der Waals surface area contributed by atoms with Crippen molar-refractivity contribution in [2.75, 3.05) is 5.32 Å². The Morgan fingerprint density at radius 3 is 2.79 bits per heavy atom. The van der Waals surface area contributed by atoms with Crippen LogP contribution in [-0.4, -0.2) is 20.5 Å². The van der Waals surface area contributed by atoms with Gasteiger partial charge in [-0.05, 0) is 37.6 Å². The summed E-state index contributed by atoms with van der Waals surface area (Å²) in [5, 5.41) is 7.52. The van der Waals surface area contributed by atoms with Gasteiger partial charge < -0.3 is 10.1 Å². The van der Waals surface area contributed by atoms with E-state index in [-0.39, 0.29) is 5.78 Å². The van der Waals surface area contributed by atoms with Crippen LogP contribution in [-0.2, 0) is 11.4 Å². The first kappa shape index (κ1) is 18.4. The molecule has 4 rings (SSSR count). The number of aromatic nitrogens is 3. The first-order valence-corrected chi connectivity index (χ1v) is 9.68. The molecule has 6 nitrogen and oxygen atoms in total. The number of ketones is 1. The van der Waals surface area contributed by atoms with E-state index in [2.05, 4.69) is 31.3 Å². The Bertz CT molecular complexity index is 1060. The van der Waals surface area contributed by atoms with Crippen molar-refractivity contribution in [3.8, 4) is 5.75 Å². The quantitative estimate of drug-likeness (QED) is 0.634. The molecular weight excluding hydrogens is 420 g/mol. The number of hydrogen-bond donors (Lipinski definition) is 1. The van der Waals surface area contributed by atoms with E-state index in [0.29, 0.717) is 23.9 Å².